The number of rotatable bonds is 3. The van der Waals surface area contributed by atoms with Crippen molar-refractivity contribution in [3.63, 3.8) is 0 Å². The summed E-state index contributed by atoms with van der Waals surface area (Å²) >= 11 is 3.31. The molecule has 2 aromatic rings. The summed E-state index contributed by atoms with van der Waals surface area (Å²) < 4.78 is 2.61. The lowest BCUT2D eigenvalue weighted by molar-refractivity contribution is -0.134. The van der Waals surface area contributed by atoms with Crippen molar-refractivity contribution < 1.29 is 9.59 Å². The van der Waals surface area contributed by atoms with E-state index in [1.807, 2.05) is 10.6 Å². The van der Waals surface area contributed by atoms with Crippen LogP contribution in [0, 0.1) is 0 Å². The first kappa shape index (κ1) is 13.2. The van der Waals surface area contributed by atoms with Gasteiger partial charge in [0.05, 0.1) is 24.1 Å². The van der Waals surface area contributed by atoms with Gasteiger partial charge in [-0.25, -0.2) is 9.97 Å². The molecule has 2 aromatic heterocycles. The number of nitrogens with zero attached hydrogens (tertiary/aromatic N) is 3. The van der Waals surface area contributed by atoms with Crippen LogP contribution in [0.25, 0.3) is 5.65 Å². The van der Waals surface area contributed by atoms with E-state index in [1.54, 1.807) is 12.4 Å². The number of imide groups is 1. The van der Waals surface area contributed by atoms with E-state index in [0.29, 0.717) is 24.0 Å². The Balaban J connectivity index is 1.72. The Morgan fingerprint density at radius 2 is 2.25 bits per heavy atom. The molecule has 1 aliphatic rings. The second-order valence-corrected chi connectivity index (χ2v) is 5.38. The number of nitrogens with one attached hydrogen (secondary N) is 2. The van der Waals surface area contributed by atoms with E-state index in [2.05, 4.69) is 36.5 Å². The van der Waals surface area contributed by atoms with Crippen LogP contribution in [0.15, 0.2) is 23.2 Å². The van der Waals surface area contributed by atoms with Crippen molar-refractivity contribution >= 4 is 33.4 Å². The van der Waals surface area contributed by atoms with Crippen molar-refractivity contribution in [1.82, 2.24) is 25.0 Å². The third-order valence-electron chi connectivity index (χ3n) is 3.21. The number of imidazole rings is 1. The normalized spacial score (nSPS) is 19.4. The molecule has 2 N–H and O–H groups in total. The second-order valence-electron chi connectivity index (χ2n) is 4.57. The number of amides is 2. The Labute approximate surface area is 122 Å². The van der Waals surface area contributed by atoms with Gasteiger partial charge >= 0.3 is 0 Å². The Kier molecular flexibility index (Phi) is 3.49. The quantitative estimate of drug-likeness (QED) is 0.791. The smallest absolute Gasteiger partial charge is 0.243 e. The van der Waals surface area contributed by atoms with Gasteiger partial charge in [-0.05, 0) is 22.4 Å². The van der Waals surface area contributed by atoms with Crippen LogP contribution in [0.1, 0.15) is 18.5 Å². The predicted molar refractivity (Wildman–Crippen MR) is 73.7 cm³/mol. The molecule has 1 fully saturated rings. The fourth-order valence-corrected chi connectivity index (χ4v) is 2.47. The van der Waals surface area contributed by atoms with Crippen LogP contribution in [0.5, 0.6) is 0 Å². The van der Waals surface area contributed by atoms with Gasteiger partial charge in [-0.1, -0.05) is 0 Å². The highest BCUT2D eigenvalue weighted by molar-refractivity contribution is 9.10. The molecule has 8 heteroatoms. The molecule has 3 rings (SSSR count). The number of halogens is 1. The predicted octanol–water partition coefficient (Wildman–Crippen LogP) is 0.387. The fourth-order valence-electron chi connectivity index (χ4n) is 2.16. The van der Waals surface area contributed by atoms with Crippen molar-refractivity contribution in [2.24, 2.45) is 0 Å². The van der Waals surface area contributed by atoms with Crippen LogP contribution >= 0.6 is 15.9 Å². The molecule has 20 heavy (non-hydrogen) atoms. The zero-order valence-corrected chi connectivity index (χ0v) is 12.1. The van der Waals surface area contributed by atoms with E-state index in [4.69, 9.17) is 0 Å². The summed E-state index contributed by atoms with van der Waals surface area (Å²) in [5.41, 5.74) is 1.67. The number of carbonyl (C=O) groups excluding carboxylic acids is 2. The number of carbonyl (C=O) groups is 2. The van der Waals surface area contributed by atoms with Crippen molar-refractivity contribution in [3.05, 3.63) is 28.9 Å². The SMILES string of the molecule is O=C1CCC(NCc2cnc3cnc(Br)cn23)C(=O)N1. The lowest BCUT2D eigenvalue weighted by Gasteiger charge is -2.21. The number of piperidine rings is 1. The van der Waals surface area contributed by atoms with Gasteiger partial charge in [0.25, 0.3) is 0 Å². The first-order valence-electron chi connectivity index (χ1n) is 6.18. The average molecular weight is 338 g/mol. The zero-order chi connectivity index (χ0) is 14.1. The van der Waals surface area contributed by atoms with Crippen molar-refractivity contribution in [3.8, 4) is 0 Å². The van der Waals surface area contributed by atoms with Gasteiger partial charge in [0, 0.05) is 19.2 Å². The van der Waals surface area contributed by atoms with Gasteiger partial charge in [-0.3, -0.25) is 19.3 Å². The maximum absolute atomic E-state index is 11.6. The van der Waals surface area contributed by atoms with Crippen LogP contribution < -0.4 is 10.6 Å². The monoisotopic (exact) mass is 337 g/mol. The molecule has 3 heterocycles. The first-order valence-corrected chi connectivity index (χ1v) is 6.97. The lowest BCUT2D eigenvalue weighted by Crippen LogP contribution is -2.50. The summed E-state index contributed by atoms with van der Waals surface area (Å²) in [5, 5.41) is 5.47. The van der Waals surface area contributed by atoms with Gasteiger partial charge in [0.15, 0.2) is 5.65 Å². The van der Waals surface area contributed by atoms with Gasteiger partial charge in [0.1, 0.15) is 4.60 Å². The Morgan fingerprint density at radius 3 is 3.05 bits per heavy atom. The van der Waals surface area contributed by atoms with Crippen LogP contribution in [-0.2, 0) is 16.1 Å². The molecule has 0 saturated carbocycles. The summed E-state index contributed by atoms with van der Waals surface area (Å²) in [6.45, 7) is 0.490. The minimum absolute atomic E-state index is 0.210. The molecule has 1 unspecified atom stereocenters. The largest absolute Gasteiger partial charge is 0.300 e. The highest BCUT2D eigenvalue weighted by atomic mass is 79.9. The van der Waals surface area contributed by atoms with E-state index in [-0.39, 0.29) is 17.9 Å². The van der Waals surface area contributed by atoms with E-state index in [1.165, 1.54) is 0 Å². The van der Waals surface area contributed by atoms with Crippen molar-refractivity contribution in [1.29, 1.82) is 0 Å². The number of aromatic nitrogens is 3. The number of hydrogen-bond acceptors (Lipinski definition) is 5. The second kappa shape index (κ2) is 5.29. The minimum Gasteiger partial charge on any atom is -0.300 e. The molecule has 1 atom stereocenters. The molecular formula is C12H12BrN5O2. The molecule has 0 radical (unpaired) electrons. The van der Waals surface area contributed by atoms with Crippen LogP contribution in [-0.4, -0.2) is 32.2 Å². The summed E-state index contributed by atoms with van der Waals surface area (Å²) in [5.74, 6) is -0.476. The number of fused-ring (bicyclic) bond motifs is 1. The first-order chi connectivity index (χ1) is 9.63. The standard InChI is InChI=1S/C12H12BrN5O2/c13-9-6-18-7(4-16-10(18)5-15-9)3-14-8-1-2-11(19)17-12(8)20/h4-6,8,14H,1-3H2,(H,17,19,20). The molecule has 0 bridgehead atoms. The molecule has 1 aliphatic heterocycles. The summed E-state index contributed by atoms with van der Waals surface area (Å²) in [6.07, 6.45) is 6.12. The third-order valence-corrected chi connectivity index (χ3v) is 3.62. The number of hydrogen-bond donors (Lipinski definition) is 2. The molecule has 7 nitrogen and oxygen atoms in total. The highest BCUT2D eigenvalue weighted by Gasteiger charge is 2.26. The summed E-state index contributed by atoms with van der Waals surface area (Å²) in [6, 6.07) is -0.344. The van der Waals surface area contributed by atoms with Crippen molar-refractivity contribution in [2.75, 3.05) is 0 Å². The van der Waals surface area contributed by atoms with Gasteiger partial charge in [-0.2, -0.15) is 0 Å². The van der Waals surface area contributed by atoms with E-state index >= 15 is 0 Å². The topological polar surface area (TPSA) is 88.4 Å². The lowest BCUT2D eigenvalue weighted by atomic mass is 10.1. The van der Waals surface area contributed by atoms with Crippen LogP contribution in [0.2, 0.25) is 0 Å². The Hall–Kier alpha value is -1.80. The van der Waals surface area contributed by atoms with E-state index < -0.39 is 0 Å². The van der Waals surface area contributed by atoms with E-state index in [0.717, 1.165) is 11.3 Å². The molecule has 0 spiro atoms. The molecule has 0 aliphatic carbocycles. The molecular weight excluding hydrogens is 326 g/mol. The summed E-state index contributed by atoms with van der Waals surface area (Å²) in [7, 11) is 0. The van der Waals surface area contributed by atoms with Crippen molar-refractivity contribution in [2.45, 2.75) is 25.4 Å². The van der Waals surface area contributed by atoms with Crippen LogP contribution in [0.4, 0.5) is 0 Å². The average Bonchev–Trinajstić information content (AvgIpc) is 2.80. The minimum atomic E-state index is -0.344. The molecule has 1 saturated heterocycles. The third kappa shape index (κ3) is 2.56. The molecule has 0 aromatic carbocycles. The Morgan fingerprint density at radius 1 is 1.40 bits per heavy atom. The maximum atomic E-state index is 11.6. The van der Waals surface area contributed by atoms with E-state index in [9.17, 15) is 9.59 Å². The van der Waals surface area contributed by atoms with Crippen LogP contribution in [0.3, 0.4) is 0 Å². The zero-order valence-electron chi connectivity index (χ0n) is 10.5. The maximum Gasteiger partial charge on any atom is 0.243 e. The highest BCUT2D eigenvalue weighted by Crippen LogP contribution is 2.11. The fraction of sp³-hybridized carbons (Fsp3) is 0.333. The van der Waals surface area contributed by atoms with Gasteiger partial charge < -0.3 is 5.32 Å². The van der Waals surface area contributed by atoms with Gasteiger partial charge in [0.2, 0.25) is 11.8 Å². The molecule has 104 valence electrons. The summed E-state index contributed by atoms with van der Waals surface area (Å²) in [4.78, 5) is 31.1. The Bertz CT molecular complexity index is 684. The van der Waals surface area contributed by atoms with Gasteiger partial charge in [-0.15, -0.1) is 0 Å². The molecule has 2 amide bonds.